The van der Waals surface area contributed by atoms with Gasteiger partial charge in [-0.1, -0.05) is 6.07 Å². The molecule has 2 atom stereocenters. The molecule has 2 unspecified atom stereocenters. The molecule has 4 aromatic rings. The number of aromatic nitrogens is 6. The zero-order valence-electron chi connectivity index (χ0n) is 22.3. The molecular formula is C28H32N8O3. The Morgan fingerprint density at radius 1 is 1.15 bits per heavy atom. The Morgan fingerprint density at radius 2 is 1.90 bits per heavy atom. The predicted molar refractivity (Wildman–Crippen MR) is 145 cm³/mol. The van der Waals surface area contributed by atoms with E-state index in [2.05, 4.69) is 20.1 Å². The van der Waals surface area contributed by atoms with Crippen LogP contribution >= 0.6 is 0 Å². The van der Waals surface area contributed by atoms with Crippen molar-refractivity contribution in [3.8, 4) is 22.6 Å². The van der Waals surface area contributed by atoms with E-state index in [-0.39, 0.29) is 42.1 Å². The largest absolute Gasteiger partial charge is 0.395 e. The van der Waals surface area contributed by atoms with Crippen LogP contribution in [0, 0.1) is 5.41 Å². The number of carbonyl (C=O) groups excluding carboxylic acids is 2. The van der Waals surface area contributed by atoms with Crippen molar-refractivity contribution >= 4 is 23.2 Å². The van der Waals surface area contributed by atoms with Crippen molar-refractivity contribution < 1.29 is 14.7 Å². The summed E-state index contributed by atoms with van der Waals surface area (Å²) in [6.07, 6.45) is 10.0. The van der Waals surface area contributed by atoms with Crippen molar-refractivity contribution in [2.75, 3.05) is 12.3 Å². The molecule has 0 saturated carbocycles. The second-order valence-corrected chi connectivity index (χ2v) is 11.3. The van der Waals surface area contributed by atoms with Crippen molar-refractivity contribution in [1.82, 2.24) is 34.4 Å². The summed E-state index contributed by atoms with van der Waals surface area (Å²) in [5, 5.41) is 14.2. The maximum Gasteiger partial charge on any atom is 0.231 e. The van der Waals surface area contributed by atoms with Gasteiger partial charge in [0, 0.05) is 47.7 Å². The third-order valence-corrected chi connectivity index (χ3v) is 8.21. The lowest BCUT2D eigenvalue weighted by atomic mass is 9.83. The minimum Gasteiger partial charge on any atom is -0.395 e. The van der Waals surface area contributed by atoms with E-state index in [1.807, 2.05) is 17.0 Å². The van der Waals surface area contributed by atoms with Crippen molar-refractivity contribution in [2.45, 2.75) is 64.5 Å². The van der Waals surface area contributed by atoms with E-state index in [4.69, 9.17) is 10.7 Å². The van der Waals surface area contributed by atoms with Crippen LogP contribution < -0.4 is 5.73 Å². The van der Waals surface area contributed by atoms with E-state index < -0.39 is 5.41 Å². The van der Waals surface area contributed by atoms with Crippen molar-refractivity contribution in [3.63, 3.8) is 0 Å². The van der Waals surface area contributed by atoms with Crippen molar-refractivity contribution in [1.29, 1.82) is 0 Å². The summed E-state index contributed by atoms with van der Waals surface area (Å²) in [5.41, 5.74) is 9.65. The molecule has 1 amide bonds. The molecule has 4 N–H and O–H groups in total. The molecule has 0 aromatic carbocycles. The number of hydrogen-bond donors (Lipinski definition) is 3. The van der Waals surface area contributed by atoms with Crippen LogP contribution in [0.3, 0.4) is 0 Å². The summed E-state index contributed by atoms with van der Waals surface area (Å²) in [5.74, 6) is 0.734. The van der Waals surface area contributed by atoms with Crippen LogP contribution in [0.5, 0.6) is 0 Å². The Hall–Kier alpha value is -4.12. The number of Topliss-reactive ketones (excluding diaryl/α,β-unsaturated/α-hetero) is 1. The Morgan fingerprint density at radius 3 is 2.49 bits per heavy atom. The van der Waals surface area contributed by atoms with Crippen molar-refractivity contribution in [3.05, 3.63) is 48.2 Å². The average molecular weight is 529 g/mol. The highest BCUT2D eigenvalue weighted by atomic mass is 16.3. The number of anilines is 1. The number of amides is 1. The summed E-state index contributed by atoms with van der Waals surface area (Å²) < 4.78 is 1.52. The van der Waals surface area contributed by atoms with E-state index in [1.54, 1.807) is 38.6 Å². The second kappa shape index (κ2) is 9.26. The summed E-state index contributed by atoms with van der Waals surface area (Å²) in [4.78, 5) is 45.0. The molecule has 6 heterocycles. The summed E-state index contributed by atoms with van der Waals surface area (Å²) >= 11 is 0. The lowest BCUT2D eigenvalue weighted by Crippen LogP contribution is -2.52. The smallest absolute Gasteiger partial charge is 0.231 e. The molecule has 2 aliphatic heterocycles. The molecule has 202 valence electrons. The van der Waals surface area contributed by atoms with Gasteiger partial charge in [0.05, 0.1) is 29.5 Å². The number of aromatic amines is 1. The van der Waals surface area contributed by atoms with E-state index in [0.29, 0.717) is 41.3 Å². The Bertz CT molecular complexity index is 1540. The van der Waals surface area contributed by atoms with Gasteiger partial charge in [-0.2, -0.15) is 9.61 Å². The minimum atomic E-state index is -0.827. The number of nitrogens with two attached hydrogens (primary N) is 1. The topological polar surface area (TPSA) is 155 Å². The number of rotatable bonds is 6. The van der Waals surface area contributed by atoms with Gasteiger partial charge in [0.2, 0.25) is 5.91 Å². The highest BCUT2D eigenvalue weighted by Gasteiger charge is 2.48. The van der Waals surface area contributed by atoms with Crippen LogP contribution in [-0.4, -0.2) is 69.9 Å². The van der Waals surface area contributed by atoms with Gasteiger partial charge >= 0.3 is 0 Å². The number of pyridine rings is 1. The number of imidazole rings is 1. The maximum absolute atomic E-state index is 13.3. The fourth-order valence-corrected chi connectivity index (χ4v) is 6.14. The molecule has 11 heteroatoms. The standard InChI is InChI=1S/C28H32N8O3/c1-15(38)22-23(17-10-18-5-6-19(11-17)35(18)27(39)28(2,3)14-37)34-26-20(13-33-36(26)24(22)29)16-4-7-21(32-12-16)25-30-8-9-31-25/h4,7-9,12-13,17-19,37H,5-6,10-11,14,29H2,1-3H3,(H,30,31). The van der Waals surface area contributed by atoms with Crippen LogP contribution in [-0.2, 0) is 4.79 Å². The zero-order chi connectivity index (χ0) is 27.5. The highest BCUT2D eigenvalue weighted by Crippen LogP contribution is 2.46. The third kappa shape index (κ3) is 4.08. The van der Waals surface area contributed by atoms with Gasteiger partial charge in [-0.25, -0.2) is 9.97 Å². The molecule has 6 rings (SSSR count). The fourth-order valence-electron chi connectivity index (χ4n) is 6.14. The first-order valence-electron chi connectivity index (χ1n) is 13.3. The monoisotopic (exact) mass is 528 g/mol. The number of nitrogens with zero attached hydrogens (tertiary/aromatic N) is 6. The first kappa shape index (κ1) is 25.2. The Balaban J connectivity index is 1.39. The van der Waals surface area contributed by atoms with Gasteiger partial charge in [0.1, 0.15) is 11.5 Å². The van der Waals surface area contributed by atoms with Gasteiger partial charge < -0.3 is 20.7 Å². The number of aliphatic hydroxyl groups excluding tert-OH is 1. The number of carbonyl (C=O) groups is 2. The molecule has 2 aliphatic rings. The second-order valence-electron chi connectivity index (χ2n) is 11.3. The molecule has 0 spiro atoms. The van der Waals surface area contributed by atoms with Gasteiger partial charge in [-0.15, -0.1) is 0 Å². The lowest BCUT2D eigenvalue weighted by Gasteiger charge is -2.42. The Labute approximate surface area is 225 Å². The van der Waals surface area contributed by atoms with Crippen LogP contribution in [0.1, 0.15) is 68.4 Å². The van der Waals surface area contributed by atoms with Gasteiger partial charge in [0.25, 0.3) is 0 Å². The number of ketones is 1. The molecule has 0 aliphatic carbocycles. The van der Waals surface area contributed by atoms with Crippen LogP contribution in [0.15, 0.2) is 36.9 Å². The number of nitrogen functional groups attached to an aromatic ring is 1. The van der Waals surface area contributed by atoms with E-state index >= 15 is 0 Å². The number of H-pyrrole nitrogens is 1. The normalized spacial score (nSPS) is 21.0. The average Bonchev–Trinajstić information content (AvgIpc) is 3.66. The molecule has 2 saturated heterocycles. The molecule has 11 nitrogen and oxygen atoms in total. The quantitative estimate of drug-likeness (QED) is 0.322. The maximum atomic E-state index is 13.3. The van der Waals surface area contributed by atoms with E-state index in [1.165, 1.54) is 11.4 Å². The molecule has 39 heavy (non-hydrogen) atoms. The first-order valence-corrected chi connectivity index (χ1v) is 13.3. The number of nitrogens with one attached hydrogen (secondary N) is 1. The summed E-state index contributed by atoms with van der Waals surface area (Å²) in [6, 6.07) is 3.89. The lowest BCUT2D eigenvalue weighted by molar-refractivity contribution is -0.147. The van der Waals surface area contributed by atoms with Gasteiger partial charge in [0.15, 0.2) is 17.3 Å². The van der Waals surface area contributed by atoms with Gasteiger partial charge in [-0.3, -0.25) is 14.6 Å². The molecule has 2 fully saturated rings. The number of piperidine rings is 1. The predicted octanol–water partition coefficient (Wildman–Crippen LogP) is 3.22. The number of aliphatic hydroxyl groups is 1. The third-order valence-electron chi connectivity index (χ3n) is 8.21. The molecule has 2 bridgehead atoms. The highest BCUT2D eigenvalue weighted by molar-refractivity contribution is 6.00. The van der Waals surface area contributed by atoms with Crippen LogP contribution in [0.25, 0.3) is 28.3 Å². The van der Waals surface area contributed by atoms with Gasteiger partial charge in [-0.05, 0) is 52.5 Å². The zero-order valence-corrected chi connectivity index (χ0v) is 22.3. The molecule has 4 aromatic heterocycles. The van der Waals surface area contributed by atoms with Crippen molar-refractivity contribution in [2.24, 2.45) is 5.41 Å². The van der Waals surface area contributed by atoms with Crippen LogP contribution in [0.2, 0.25) is 0 Å². The molecule has 0 radical (unpaired) electrons. The van der Waals surface area contributed by atoms with E-state index in [0.717, 1.165) is 24.0 Å². The van der Waals surface area contributed by atoms with Crippen LogP contribution in [0.4, 0.5) is 5.82 Å². The summed E-state index contributed by atoms with van der Waals surface area (Å²) in [7, 11) is 0. The SMILES string of the molecule is CC(=O)c1c(C2CC3CCC(C2)N3C(=O)C(C)(C)CO)nc2c(-c3ccc(-c4ncc[nH]4)nc3)cnn2c1N. The number of fused-ring (bicyclic) bond motifs is 3. The first-order chi connectivity index (χ1) is 18.7. The molecular weight excluding hydrogens is 496 g/mol. The fraction of sp³-hybridized carbons (Fsp3) is 0.429. The minimum absolute atomic E-state index is 0.0192. The summed E-state index contributed by atoms with van der Waals surface area (Å²) in [6.45, 7) is 4.86. The Kier molecular flexibility index (Phi) is 5.98. The van der Waals surface area contributed by atoms with E-state index in [9.17, 15) is 14.7 Å². The number of hydrogen-bond acceptors (Lipinski definition) is 8.